The normalized spacial score (nSPS) is 12.2. The van der Waals surface area contributed by atoms with Gasteiger partial charge >= 0.3 is 11.6 Å². The number of phenolic OH excluding ortho intramolecular Hbond substituents is 1. The van der Waals surface area contributed by atoms with E-state index in [0.29, 0.717) is 33.2 Å². The Kier molecular flexibility index (Phi) is 5.45. The average Bonchev–Trinajstić information content (AvgIpc) is 3.05. The lowest BCUT2D eigenvalue weighted by Crippen LogP contribution is -2.35. The number of aromatic hydroxyl groups is 1. The second-order valence-corrected chi connectivity index (χ2v) is 8.14. The molecule has 170 valence electrons. The van der Waals surface area contributed by atoms with Crippen LogP contribution in [0.1, 0.15) is 39.6 Å². The number of carboxylic acid groups (broad SMARTS) is 1. The summed E-state index contributed by atoms with van der Waals surface area (Å²) < 4.78 is 11.4. The van der Waals surface area contributed by atoms with E-state index < -0.39 is 23.5 Å². The summed E-state index contributed by atoms with van der Waals surface area (Å²) in [5.74, 6) is -1.15. The van der Waals surface area contributed by atoms with Crippen molar-refractivity contribution in [3.63, 3.8) is 0 Å². The van der Waals surface area contributed by atoms with E-state index in [4.69, 9.17) is 8.83 Å². The predicted molar refractivity (Wildman–Crippen MR) is 122 cm³/mol. The lowest BCUT2D eigenvalue weighted by molar-refractivity contribution is -0.142. The first-order valence-corrected chi connectivity index (χ1v) is 10.3. The van der Waals surface area contributed by atoms with E-state index in [2.05, 4.69) is 5.32 Å². The van der Waals surface area contributed by atoms with Crippen LogP contribution < -0.4 is 10.9 Å². The summed E-state index contributed by atoms with van der Waals surface area (Å²) in [4.78, 5) is 37.2. The average molecular weight is 449 g/mol. The molecule has 0 aliphatic rings. The molecule has 2 heterocycles. The van der Waals surface area contributed by atoms with Gasteiger partial charge in [-0.05, 0) is 62.6 Å². The summed E-state index contributed by atoms with van der Waals surface area (Å²) in [5, 5.41) is 23.0. The molecule has 0 aliphatic heterocycles. The summed E-state index contributed by atoms with van der Waals surface area (Å²) in [6.07, 6.45) is -0.341. The van der Waals surface area contributed by atoms with Crippen molar-refractivity contribution in [1.29, 1.82) is 0 Å². The molecule has 1 amide bonds. The van der Waals surface area contributed by atoms with Crippen LogP contribution in [0, 0.1) is 27.7 Å². The topological polar surface area (TPSA) is 130 Å². The molecule has 4 aromatic rings. The number of amides is 1. The molecular weight excluding hydrogens is 426 g/mol. The van der Waals surface area contributed by atoms with Crippen LogP contribution >= 0.6 is 0 Å². The van der Waals surface area contributed by atoms with E-state index in [-0.39, 0.29) is 17.7 Å². The Bertz CT molecular complexity index is 1480. The summed E-state index contributed by atoms with van der Waals surface area (Å²) in [6.45, 7) is 7.37. The van der Waals surface area contributed by atoms with Gasteiger partial charge in [0.1, 0.15) is 22.7 Å². The monoisotopic (exact) mass is 449 g/mol. The Morgan fingerprint density at radius 1 is 0.939 bits per heavy atom. The number of nitrogens with one attached hydrogen (secondary N) is 1. The van der Waals surface area contributed by atoms with Gasteiger partial charge in [0.25, 0.3) is 0 Å². The van der Waals surface area contributed by atoms with E-state index in [1.165, 1.54) is 24.3 Å². The fourth-order valence-electron chi connectivity index (χ4n) is 4.02. The maximum Gasteiger partial charge on any atom is 0.340 e. The van der Waals surface area contributed by atoms with Crippen LogP contribution in [0.15, 0.2) is 44.0 Å². The first kappa shape index (κ1) is 22.1. The van der Waals surface area contributed by atoms with Crippen LogP contribution in [0.5, 0.6) is 5.75 Å². The zero-order valence-corrected chi connectivity index (χ0v) is 18.6. The Morgan fingerprint density at radius 2 is 1.55 bits per heavy atom. The van der Waals surface area contributed by atoms with Crippen molar-refractivity contribution in [3.8, 4) is 5.75 Å². The highest BCUT2D eigenvalue weighted by molar-refractivity contribution is 6.00. The van der Waals surface area contributed by atoms with Crippen LogP contribution in [-0.2, 0) is 16.0 Å². The van der Waals surface area contributed by atoms with E-state index in [0.717, 1.165) is 16.7 Å². The van der Waals surface area contributed by atoms with Crippen LogP contribution in [-0.4, -0.2) is 22.1 Å². The van der Waals surface area contributed by atoms with E-state index in [9.17, 15) is 24.6 Å². The Morgan fingerprint density at radius 3 is 2.18 bits per heavy atom. The third-order valence-corrected chi connectivity index (χ3v) is 6.06. The van der Waals surface area contributed by atoms with Gasteiger partial charge in [-0.3, -0.25) is 4.79 Å². The number of carboxylic acids is 1. The number of hydrogen-bond donors (Lipinski definition) is 3. The number of furan rings is 1. The maximum atomic E-state index is 12.8. The molecule has 1 atom stereocenters. The molecule has 2 aromatic heterocycles. The zero-order chi connectivity index (χ0) is 24.0. The molecule has 0 saturated heterocycles. The SMILES string of the molecule is Cc1oc2c(C)c3oc(=O)c(CC(=O)NC(C(=O)O)c4ccc(O)cc4)c(C)c3cc2c1C. The molecule has 1 unspecified atom stereocenters. The summed E-state index contributed by atoms with van der Waals surface area (Å²) in [7, 11) is 0. The van der Waals surface area contributed by atoms with Crippen molar-refractivity contribution in [2.75, 3.05) is 0 Å². The quantitative estimate of drug-likeness (QED) is 0.393. The van der Waals surface area contributed by atoms with Gasteiger partial charge in [-0.1, -0.05) is 12.1 Å². The third kappa shape index (κ3) is 3.84. The van der Waals surface area contributed by atoms with Crippen molar-refractivity contribution in [2.24, 2.45) is 0 Å². The molecule has 4 rings (SSSR count). The molecule has 33 heavy (non-hydrogen) atoms. The highest BCUT2D eigenvalue weighted by atomic mass is 16.4. The number of fused-ring (bicyclic) bond motifs is 2. The van der Waals surface area contributed by atoms with E-state index in [1.807, 2.05) is 26.8 Å². The zero-order valence-electron chi connectivity index (χ0n) is 18.6. The molecule has 0 bridgehead atoms. The number of phenols is 1. The third-order valence-electron chi connectivity index (χ3n) is 6.06. The van der Waals surface area contributed by atoms with Gasteiger partial charge in [0.05, 0.1) is 12.0 Å². The highest BCUT2D eigenvalue weighted by Gasteiger charge is 2.24. The highest BCUT2D eigenvalue weighted by Crippen LogP contribution is 2.34. The predicted octanol–water partition coefficient (Wildman–Crippen LogP) is 3.96. The Labute approximate surface area is 188 Å². The van der Waals surface area contributed by atoms with Crippen molar-refractivity contribution in [3.05, 3.63) is 74.3 Å². The fourth-order valence-corrected chi connectivity index (χ4v) is 4.02. The van der Waals surface area contributed by atoms with Crippen LogP contribution in [0.2, 0.25) is 0 Å². The van der Waals surface area contributed by atoms with Crippen LogP contribution in [0.25, 0.3) is 21.9 Å². The minimum atomic E-state index is -1.33. The van der Waals surface area contributed by atoms with Gasteiger partial charge < -0.3 is 24.4 Å². The molecule has 0 saturated carbocycles. The van der Waals surface area contributed by atoms with Crippen molar-refractivity contribution in [1.82, 2.24) is 5.32 Å². The van der Waals surface area contributed by atoms with E-state index >= 15 is 0 Å². The second kappa shape index (κ2) is 8.12. The number of hydrogen-bond acceptors (Lipinski definition) is 6. The Hall–Kier alpha value is -4.07. The number of rotatable bonds is 5. The van der Waals surface area contributed by atoms with Gasteiger partial charge in [-0.2, -0.15) is 0 Å². The van der Waals surface area contributed by atoms with Crippen LogP contribution in [0.3, 0.4) is 0 Å². The minimum absolute atomic E-state index is 0.0222. The standard InChI is InChI=1S/C25H23NO7/c1-11-14(4)32-22-13(3)23-18(9-17(11)22)12(2)19(25(31)33-23)10-20(28)26-21(24(29)30)15-5-7-16(27)8-6-15/h5-9,21,27H,10H2,1-4H3,(H,26,28)(H,29,30). The first-order chi connectivity index (χ1) is 15.6. The molecule has 0 aliphatic carbocycles. The lowest BCUT2D eigenvalue weighted by Gasteiger charge is -2.16. The summed E-state index contributed by atoms with van der Waals surface area (Å²) >= 11 is 0. The summed E-state index contributed by atoms with van der Waals surface area (Å²) in [6, 6.07) is 6.05. The van der Waals surface area contributed by atoms with Crippen molar-refractivity contribution < 1.29 is 28.6 Å². The molecule has 0 radical (unpaired) electrons. The number of carbonyl (C=O) groups excluding carboxylic acids is 1. The largest absolute Gasteiger partial charge is 0.508 e. The smallest absolute Gasteiger partial charge is 0.340 e. The first-order valence-electron chi connectivity index (χ1n) is 10.3. The number of aryl methyl sites for hydroxylation is 4. The maximum absolute atomic E-state index is 12.8. The van der Waals surface area contributed by atoms with Crippen molar-refractivity contribution >= 4 is 33.8 Å². The summed E-state index contributed by atoms with van der Waals surface area (Å²) in [5.41, 5.74) is 3.13. The van der Waals surface area contributed by atoms with Gasteiger partial charge in [0.2, 0.25) is 5.91 Å². The second-order valence-electron chi connectivity index (χ2n) is 8.14. The number of aliphatic carboxylic acids is 1. The lowest BCUT2D eigenvalue weighted by atomic mass is 9.98. The number of carbonyl (C=O) groups is 2. The molecule has 3 N–H and O–H groups in total. The van der Waals surface area contributed by atoms with Crippen LogP contribution in [0.4, 0.5) is 0 Å². The minimum Gasteiger partial charge on any atom is -0.508 e. The molecule has 0 spiro atoms. The molecule has 0 fully saturated rings. The number of benzene rings is 2. The fraction of sp³-hybridized carbons (Fsp3) is 0.240. The van der Waals surface area contributed by atoms with Gasteiger partial charge in [-0.25, -0.2) is 9.59 Å². The van der Waals surface area contributed by atoms with Gasteiger partial charge in [0, 0.05) is 16.3 Å². The molecule has 2 aromatic carbocycles. The molecule has 8 heteroatoms. The Balaban J connectivity index is 1.72. The van der Waals surface area contributed by atoms with Gasteiger partial charge in [0.15, 0.2) is 6.04 Å². The molecule has 8 nitrogen and oxygen atoms in total. The van der Waals surface area contributed by atoms with Crippen molar-refractivity contribution in [2.45, 2.75) is 40.2 Å². The van der Waals surface area contributed by atoms with Gasteiger partial charge in [-0.15, -0.1) is 0 Å². The molecular formula is C25H23NO7. The van der Waals surface area contributed by atoms with E-state index in [1.54, 1.807) is 6.92 Å².